The molecule has 142 valence electrons. The summed E-state index contributed by atoms with van der Waals surface area (Å²) in [6.45, 7) is 4.76. The molecule has 0 saturated carbocycles. The predicted molar refractivity (Wildman–Crippen MR) is 110 cm³/mol. The van der Waals surface area contributed by atoms with Crippen molar-refractivity contribution in [2.45, 2.75) is 13.8 Å². The highest BCUT2D eigenvalue weighted by molar-refractivity contribution is 6.26. The number of rotatable bonds is 6. The SMILES string of the molecule is Cc1ccc(C)c(OCCNC(=O)CN2C(=O)c3cccc4cccc2c34)c1. The van der Waals surface area contributed by atoms with Crippen LogP contribution in [0.2, 0.25) is 0 Å². The van der Waals surface area contributed by atoms with Gasteiger partial charge in [-0.3, -0.25) is 14.5 Å². The Balaban J connectivity index is 1.35. The Hall–Kier alpha value is -3.34. The van der Waals surface area contributed by atoms with Gasteiger partial charge in [-0.05, 0) is 48.6 Å². The van der Waals surface area contributed by atoms with E-state index in [4.69, 9.17) is 4.74 Å². The van der Waals surface area contributed by atoms with Gasteiger partial charge in [-0.25, -0.2) is 0 Å². The third kappa shape index (κ3) is 3.31. The Morgan fingerprint density at radius 1 is 1.07 bits per heavy atom. The topological polar surface area (TPSA) is 58.6 Å². The molecule has 0 fully saturated rings. The molecule has 1 aliphatic rings. The molecule has 0 atom stereocenters. The van der Waals surface area contributed by atoms with E-state index in [-0.39, 0.29) is 18.4 Å². The lowest BCUT2D eigenvalue weighted by Crippen LogP contribution is -2.40. The van der Waals surface area contributed by atoms with Crippen LogP contribution in [-0.2, 0) is 4.79 Å². The summed E-state index contributed by atoms with van der Waals surface area (Å²) in [6.07, 6.45) is 0. The maximum absolute atomic E-state index is 12.7. The van der Waals surface area contributed by atoms with E-state index in [1.165, 1.54) is 0 Å². The van der Waals surface area contributed by atoms with Gasteiger partial charge in [0.1, 0.15) is 18.9 Å². The lowest BCUT2D eigenvalue weighted by molar-refractivity contribution is -0.119. The van der Waals surface area contributed by atoms with E-state index in [0.717, 1.165) is 33.3 Å². The molecule has 5 nitrogen and oxygen atoms in total. The summed E-state index contributed by atoms with van der Waals surface area (Å²) < 4.78 is 5.76. The number of hydrogen-bond donors (Lipinski definition) is 1. The van der Waals surface area contributed by atoms with Crippen LogP contribution in [0.1, 0.15) is 21.5 Å². The van der Waals surface area contributed by atoms with Gasteiger partial charge in [0.15, 0.2) is 0 Å². The molecular weight excluding hydrogens is 352 g/mol. The summed E-state index contributed by atoms with van der Waals surface area (Å²) >= 11 is 0. The molecule has 2 amide bonds. The second kappa shape index (κ2) is 7.35. The van der Waals surface area contributed by atoms with Crippen LogP contribution in [0.5, 0.6) is 5.75 Å². The van der Waals surface area contributed by atoms with Crippen molar-refractivity contribution in [2.75, 3.05) is 24.6 Å². The van der Waals surface area contributed by atoms with Crippen molar-refractivity contribution in [1.82, 2.24) is 5.32 Å². The summed E-state index contributed by atoms with van der Waals surface area (Å²) in [4.78, 5) is 26.6. The number of amides is 2. The van der Waals surface area contributed by atoms with Crippen LogP contribution < -0.4 is 15.0 Å². The molecule has 0 spiro atoms. The fraction of sp³-hybridized carbons (Fsp3) is 0.217. The van der Waals surface area contributed by atoms with Crippen LogP contribution in [0.25, 0.3) is 10.8 Å². The molecular formula is C23H22N2O3. The highest BCUT2D eigenvalue weighted by Gasteiger charge is 2.30. The van der Waals surface area contributed by atoms with Crippen LogP contribution >= 0.6 is 0 Å². The van der Waals surface area contributed by atoms with Crippen molar-refractivity contribution >= 4 is 28.3 Å². The van der Waals surface area contributed by atoms with Gasteiger partial charge in [0.05, 0.1) is 12.2 Å². The molecule has 0 unspecified atom stereocenters. The van der Waals surface area contributed by atoms with Gasteiger partial charge < -0.3 is 10.1 Å². The van der Waals surface area contributed by atoms with Crippen molar-refractivity contribution in [3.05, 3.63) is 71.3 Å². The van der Waals surface area contributed by atoms with E-state index in [9.17, 15) is 9.59 Å². The normalized spacial score (nSPS) is 12.5. The number of aryl methyl sites for hydroxylation is 2. The van der Waals surface area contributed by atoms with E-state index < -0.39 is 0 Å². The fourth-order valence-electron chi connectivity index (χ4n) is 3.55. The molecule has 0 radical (unpaired) electrons. The van der Waals surface area contributed by atoms with Gasteiger partial charge >= 0.3 is 0 Å². The number of anilines is 1. The average molecular weight is 374 g/mol. The van der Waals surface area contributed by atoms with E-state index in [0.29, 0.717) is 18.7 Å². The number of nitrogens with one attached hydrogen (secondary N) is 1. The second-order valence-corrected chi connectivity index (χ2v) is 7.04. The van der Waals surface area contributed by atoms with E-state index in [1.807, 2.05) is 68.4 Å². The maximum Gasteiger partial charge on any atom is 0.259 e. The summed E-state index contributed by atoms with van der Waals surface area (Å²) in [7, 11) is 0. The molecule has 0 saturated heterocycles. The second-order valence-electron chi connectivity index (χ2n) is 7.04. The average Bonchev–Trinajstić information content (AvgIpc) is 2.96. The quantitative estimate of drug-likeness (QED) is 0.671. The van der Waals surface area contributed by atoms with Gasteiger partial charge in [0, 0.05) is 10.9 Å². The maximum atomic E-state index is 12.7. The minimum absolute atomic E-state index is 0.00387. The fourth-order valence-corrected chi connectivity index (χ4v) is 3.55. The zero-order valence-corrected chi connectivity index (χ0v) is 16.0. The molecule has 0 aliphatic carbocycles. The predicted octanol–water partition coefficient (Wildman–Crippen LogP) is 3.61. The van der Waals surface area contributed by atoms with Crippen LogP contribution in [0, 0.1) is 13.8 Å². The minimum Gasteiger partial charge on any atom is -0.491 e. The van der Waals surface area contributed by atoms with Crippen molar-refractivity contribution in [2.24, 2.45) is 0 Å². The van der Waals surface area contributed by atoms with Gasteiger partial charge in [-0.15, -0.1) is 0 Å². The molecule has 1 aliphatic heterocycles. The first-order valence-electron chi connectivity index (χ1n) is 9.35. The first kappa shape index (κ1) is 18.0. The van der Waals surface area contributed by atoms with Crippen molar-refractivity contribution in [3.63, 3.8) is 0 Å². The Labute approximate surface area is 163 Å². The molecule has 3 aromatic rings. The Bertz CT molecular complexity index is 1070. The third-order valence-electron chi connectivity index (χ3n) is 4.98. The van der Waals surface area contributed by atoms with Gasteiger partial charge in [0.2, 0.25) is 5.91 Å². The minimum atomic E-state index is -0.206. The van der Waals surface area contributed by atoms with Crippen LogP contribution in [-0.4, -0.2) is 31.5 Å². The molecule has 4 rings (SSSR count). The first-order valence-corrected chi connectivity index (χ1v) is 9.35. The number of hydrogen-bond acceptors (Lipinski definition) is 3. The summed E-state index contributed by atoms with van der Waals surface area (Å²) in [5, 5.41) is 4.76. The number of ether oxygens (including phenoxy) is 1. The summed E-state index contributed by atoms with van der Waals surface area (Å²) in [6, 6.07) is 17.5. The first-order chi connectivity index (χ1) is 13.5. The zero-order chi connectivity index (χ0) is 19.7. The molecule has 1 heterocycles. The number of nitrogens with zero attached hydrogens (tertiary/aromatic N) is 1. The molecule has 0 bridgehead atoms. The number of benzene rings is 3. The number of carbonyl (C=O) groups is 2. The highest BCUT2D eigenvalue weighted by Crippen LogP contribution is 2.36. The Kier molecular flexibility index (Phi) is 4.74. The largest absolute Gasteiger partial charge is 0.491 e. The molecule has 1 N–H and O–H groups in total. The van der Waals surface area contributed by atoms with E-state index in [2.05, 4.69) is 5.32 Å². The van der Waals surface area contributed by atoms with Crippen molar-refractivity contribution in [1.29, 1.82) is 0 Å². The monoisotopic (exact) mass is 374 g/mol. The molecule has 5 heteroatoms. The number of carbonyl (C=O) groups excluding carboxylic acids is 2. The zero-order valence-electron chi connectivity index (χ0n) is 16.0. The van der Waals surface area contributed by atoms with Crippen LogP contribution in [0.3, 0.4) is 0 Å². The Morgan fingerprint density at radius 3 is 2.68 bits per heavy atom. The van der Waals surface area contributed by atoms with Gasteiger partial charge in [0.25, 0.3) is 5.91 Å². The third-order valence-corrected chi connectivity index (χ3v) is 4.98. The molecule has 0 aromatic heterocycles. The lowest BCUT2D eigenvalue weighted by Gasteiger charge is -2.17. The van der Waals surface area contributed by atoms with Crippen LogP contribution in [0.4, 0.5) is 5.69 Å². The molecule has 28 heavy (non-hydrogen) atoms. The smallest absolute Gasteiger partial charge is 0.259 e. The van der Waals surface area contributed by atoms with E-state index >= 15 is 0 Å². The standard InChI is InChI=1S/C23H22N2O3/c1-15-9-10-16(2)20(13-15)28-12-11-24-21(26)14-25-19-8-4-6-17-5-3-7-18(22(17)19)23(25)27/h3-10,13H,11-12,14H2,1-2H3,(H,24,26). The van der Waals surface area contributed by atoms with Crippen molar-refractivity contribution < 1.29 is 14.3 Å². The lowest BCUT2D eigenvalue weighted by atomic mass is 10.1. The van der Waals surface area contributed by atoms with Crippen LogP contribution in [0.15, 0.2) is 54.6 Å². The van der Waals surface area contributed by atoms with E-state index in [1.54, 1.807) is 4.90 Å². The molecule has 3 aromatic carbocycles. The highest BCUT2D eigenvalue weighted by atomic mass is 16.5. The van der Waals surface area contributed by atoms with Crippen molar-refractivity contribution in [3.8, 4) is 5.75 Å². The van der Waals surface area contributed by atoms with Gasteiger partial charge in [-0.1, -0.05) is 36.4 Å². The summed E-state index contributed by atoms with van der Waals surface area (Å²) in [5.74, 6) is 0.488. The summed E-state index contributed by atoms with van der Waals surface area (Å²) in [5.41, 5.74) is 3.63. The van der Waals surface area contributed by atoms with Gasteiger partial charge in [-0.2, -0.15) is 0 Å². The Morgan fingerprint density at radius 2 is 1.86 bits per heavy atom.